The number of nitrogens with one attached hydrogen (secondary N) is 2. The van der Waals surface area contributed by atoms with Crippen LogP contribution in [-0.4, -0.2) is 27.2 Å². The standard InChI is InChI=1S/C15H17N5O3/c1-10-14(11(2)18-17-10)7-8-15(21)19-16-9-12-3-5-13(6-4-12)20(22)23/h3-6,9H,7-8H2,1-2H3,(H,17,18)(H,19,21)/b16-9-. The van der Waals surface area contributed by atoms with Crippen molar-refractivity contribution >= 4 is 17.8 Å². The maximum atomic E-state index is 11.7. The molecule has 0 fully saturated rings. The van der Waals surface area contributed by atoms with Crippen LogP contribution in [-0.2, 0) is 11.2 Å². The summed E-state index contributed by atoms with van der Waals surface area (Å²) in [5.41, 5.74) is 6.01. The summed E-state index contributed by atoms with van der Waals surface area (Å²) < 4.78 is 0. The lowest BCUT2D eigenvalue weighted by Gasteiger charge is -2.01. The van der Waals surface area contributed by atoms with E-state index in [1.807, 2.05) is 13.8 Å². The molecule has 0 unspecified atom stereocenters. The molecule has 23 heavy (non-hydrogen) atoms. The molecule has 2 N–H and O–H groups in total. The summed E-state index contributed by atoms with van der Waals surface area (Å²) in [7, 11) is 0. The summed E-state index contributed by atoms with van der Waals surface area (Å²) in [5.74, 6) is -0.205. The third-order valence-corrected chi connectivity index (χ3v) is 3.39. The van der Waals surface area contributed by atoms with Crippen LogP contribution in [0, 0.1) is 24.0 Å². The van der Waals surface area contributed by atoms with Gasteiger partial charge in [0.1, 0.15) is 0 Å². The molecule has 0 radical (unpaired) electrons. The van der Waals surface area contributed by atoms with Gasteiger partial charge in [-0.05, 0) is 43.5 Å². The monoisotopic (exact) mass is 315 g/mol. The maximum Gasteiger partial charge on any atom is 0.269 e. The van der Waals surface area contributed by atoms with Crippen LogP contribution >= 0.6 is 0 Å². The van der Waals surface area contributed by atoms with E-state index in [0.29, 0.717) is 18.4 Å². The van der Waals surface area contributed by atoms with Gasteiger partial charge in [-0.25, -0.2) is 5.43 Å². The average molecular weight is 315 g/mol. The van der Waals surface area contributed by atoms with E-state index in [1.54, 1.807) is 12.1 Å². The van der Waals surface area contributed by atoms with Crippen LogP contribution in [0.4, 0.5) is 5.69 Å². The molecule has 1 amide bonds. The Morgan fingerprint density at radius 2 is 2.09 bits per heavy atom. The summed E-state index contributed by atoms with van der Waals surface area (Å²) >= 11 is 0. The molecule has 0 aliphatic carbocycles. The van der Waals surface area contributed by atoms with Gasteiger partial charge in [0.25, 0.3) is 5.69 Å². The Morgan fingerprint density at radius 3 is 2.65 bits per heavy atom. The van der Waals surface area contributed by atoms with Gasteiger partial charge >= 0.3 is 0 Å². The Kier molecular flexibility index (Phi) is 5.19. The van der Waals surface area contributed by atoms with Gasteiger partial charge in [-0.1, -0.05) is 0 Å². The zero-order valence-electron chi connectivity index (χ0n) is 12.9. The molecule has 0 aliphatic rings. The summed E-state index contributed by atoms with van der Waals surface area (Å²) in [6.45, 7) is 3.81. The number of nitrogens with zero attached hydrogens (tertiary/aromatic N) is 3. The number of rotatable bonds is 6. The number of aryl methyl sites for hydroxylation is 2. The minimum Gasteiger partial charge on any atom is -0.282 e. The van der Waals surface area contributed by atoms with Crippen molar-refractivity contribution in [2.75, 3.05) is 0 Å². The molecule has 1 heterocycles. The predicted octanol–water partition coefficient (Wildman–Crippen LogP) is 2.02. The van der Waals surface area contributed by atoms with Crippen LogP contribution in [0.15, 0.2) is 29.4 Å². The normalized spacial score (nSPS) is 10.9. The zero-order chi connectivity index (χ0) is 16.8. The number of aromatic nitrogens is 2. The first-order chi connectivity index (χ1) is 11.0. The van der Waals surface area contributed by atoms with Gasteiger partial charge in [0.15, 0.2) is 0 Å². The number of hydrogen-bond acceptors (Lipinski definition) is 5. The fourth-order valence-corrected chi connectivity index (χ4v) is 2.10. The van der Waals surface area contributed by atoms with E-state index in [1.165, 1.54) is 18.3 Å². The molecule has 1 aromatic carbocycles. The fourth-order valence-electron chi connectivity index (χ4n) is 2.10. The number of carbonyl (C=O) groups excluding carboxylic acids is 1. The topological polar surface area (TPSA) is 113 Å². The minimum absolute atomic E-state index is 0.0111. The second-order valence-corrected chi connectivity index (χ2v) is 5.05. The Morgan fingerprint density at radius 1 is 1.39 bits per heavy atom. The molecule has 2 rings (SSSR count). The van der Waals surface area contributed by atoms with Gasteiger partial charge in [-0.2, -0.15) is 10.2 Å². The van der Waals surface area contributed by atoms with Crippen LogP contribution in [0.1, 0.15) is 28.9 Å². The summed E-state index contributed by atoms with van der Waals surface area (Å²) in [6, 6.07) is 5.89. The number of aromatic amines is 1. The molecule has 8 nitrogen and oxygen atoms in total. The molecule has 0 saturated carbocycles. The fraction of sp³-hybridized carbons (Fsp3) is 0.267. The Bertz CT molecular complexity index is 715. The highest BCUT2D eigenvalue weighted by Crippen LogP contribution is 2.12. The van der Waals surface area contributed by atoms with Gasteiger partial charge in [0, 0.05) is 24.2 Å². The smallest absolute Gasteiger partial charge is 0.269 e. The molecule has 0 spiro atoms. The number of benzene rings is 1. The molecule has 0 atom stereocenters. The highest BCUT2D eigenvalue weighted by atomic mass is 16.6. The lowest BCUT2D eigenvalue weighted by Crippen LogP contribution is -2.18. The molecule has 0 saturated heterocycles. The Labute approximate surface area is 132 Å². The SMILES string of the molecule is Cc1n[nH]c(C)c1CCC(=O)N/N=C\c1ccc([N+](=O)[O-])cc1. The molecule has 120 valence electrons. The number of hydrazone groups is 1. The van der Waals surface area contributed by atoms with Crippen LogP contribution in [0.2, 0.25) is 0 Å². The molecular formula is C15H17N5O3. The average Bonchev–Trinajstić information content (AvgIpc) is 2.84. The van der Waals surface area contributed by atoms with Crippen molar-refractivity contribution < 1.29 is 9.72 Å². The number of non-ortho nitro benzene ring substituents is 1. The van der Waals surface area contributed by atoms with Crippen molar-refractivity contribution in [3.63, 3.8) is 0 Å². The molecule has 8 heteroatoms. The summed E-state index contributed by atoms with van der Waals surface area (Å²) in [5, 5.41) is 21.3. The van der Waals surface area contributed by atoms with Gasteiger partial charge in [-0.15, -0.1) is 0 Å². The Balaban J connectivity index is 1.83. The molecule has 0 bridgehead atoms. The van der Waals surface area contributed by atoms with Crippen LogP contribution < -0.4 is 5.43 Å². The molecule has 1 aromatic heterocycles. The maximum absolute atomic E-state index is 11.7. The first kappa shape index (κ1) is 16.3. The highest BCUT2D eigenvalue weighted by Gasteiger charge is 2.08. The zero-order valence-corrected chi connectivity index (χ0v) is 12.9. The van der Waals surface area contributed by atoms with Crippen LogP contribution in [0.3, 0.4) is 0 Å². The first-order valence-electron chi connectivity index (χ1n) is 7.04. The van der Waals surface area contributed by atoms with Gasteiger partial charge in [-0.3, -0.25) is 20.0 Å². The number of amides is 1. The second kappa shape index (κ2) is 7.30. The van der Waals surface area contributed by atoms with Gasteiger partial charge < -0.3 is 0 Å². The van der Waals surface area contributed by atoms with E-state index in [-0.39, 0.29) is 11.6 Å². The van der Waals surface area contributed by atoms with Gasteiger partial charge in [0.05, 0.1) is 16.8 Å². The Hall–Kier alpha value is -3.03. The quantitative estimate of drug-likeness (QED) is 0.482. The van der Waals surface area contributed by atoms with Crippen molar-refractivity contribution in [2.45, 2.75) is 26.7 Å². The molecule has 2 aromatic rings. The molecule has 0 aliphatic heterocycles. The number of carbonyl (C=O) groups is 1. The number of hydrogen-bond donors (Lipinski definition) is 2. The van der Waals surface area contributed by atoms with E-state index in [2.05, 4.69) is 20.7 Å². The van der Waals surface area contributed by atoms with E-state index in [0.717, 1.165) is 17.0 Å². The van der Waals surface area contributed by atoms with Crippen LogP contribution in [0.5, 0.6) is 0 Å². The first-order valence-corrected chi connectivity index (χ1v) is 7.04. The van der Waals surface area contributed by atoms with Gasteiger partial charge in [0.2, 0.25) is 5.91 Å². The van der Waals surface area contributed by atoms with Crippen molar-refractivity contribution in [3.05, 3.63) is 56.9 Å². The van der Waals surface area contributed by atoms with Crippen molar-refractivity contribution in [2.24, 2.45) is 5.10 Å². The third kappa shape index (κ3) is 4.47. The largest absolute Gasteiger partial charge is 0.282 e. The molecular weight excluding hydrogens is 298 g/mol. The van der Waals surface area contributed by atoms with E-state index in [9.17, 15) is 14.9 Å². The van der Waals surface area contributed by atoms with Crippen molar-refractivity contribution in [1.82, 2.24) is 15.6 Å². The number of nitro benzene ring substituents is 1. The van der Waals surface area contributed by atoms with E-state index >= 15 is 0 Å². The third-order valence-electron chi connectivity index (χ3n) is 3.39. The van der Waals surface area contributed by atoms with Crippen LogP contribution in [0.25, 0.3) is 0 Å². The lowest BCUT2D eigenvalue weighted by atomic mass is 10.1. The summed E-state index contributed by atoms with van der Waals surface area (Å²) in [4.78, 5) is 21.8. The van der Waals surface area contributed by atoms with Crippen molar-refractivity contribution in [1.29, 1.82) is 0 Å². The predicted molar refractivity (Wildman–Crippen MR) is 85.2 cm³/mol. The number of H-pyrrole nitrogens is 1. The lowest BCUT2D eigenvalue weighted by molar-refractivity contribution is -0.384. The van der Waals surface area contributed by atoms with Crippen molar-refractivity contribution in [3.8, 4) is 0 Å². The highest BCUT2D eigenvalue weighted by molar-refractivity contribution is 5.82. The minimum atomic E-state index is -0.470. The number of nitro groups is 1. The second-order valence-electron chi connectivity index (χ2n) is 5.05. The summed E-state index contributed by atoms with van der Waals surface area (Å²) in [6.07, 6.45) is 2.34. The van der Waals surface area contributed by atoms with E-state index in [4.69, 9.17) is 0 Å². The van der Waals surface area contributed by atoms with E-state index < -0.39 is 4.92 Å².